The number of guanidine groups is 1. The number of thiazole rings is 1. The molecule has 30 heavy (non-hydrogen) atoms. The van der Waals surface area contributed by atoms with Crippen LogP contribution in [-0.2, 0) is 6.42 Å². The summed E-state index contributed by atoms with van der Waals surface area (Å²) in [6.07, 6.45) is 3.09. The molecule has 0 saturated carbocycles. The fourth-order valence-electron chi connectivity index (χ4n) is 3.44. The zero-order chi connectivity index (χ0) is 20.6. The van der Waals surface area contributed by atoms with Gasteiger partial charge in [0, 0.05) is 74.1 Å². The van der Waals surface area contributed by atoms with Crippen molar-refractivity contribution in [1.29, 1.82) is 0 Å². The van der Waals surface area contributed by atoms with Crippen molar-refractivity contribution in [1.82, 2.24) is 15.6 Å². The minimum atomic E-state index is 0. The van der Waals surface area contributed by atoms with E-state index in [9.17, 15) is 0 Å². The zero-order valence-electron chi connectivity index (χ0n) is 18.1. The van der Waals surface area contributed by atoms with Crippen molar-refractivity contribution >= 4 is 47.0 Å². The third-order valence-electron chi connectivity index (χ3n) is 4.98. The minimum absolute atomic E-state index is 0. The molecule has 1 aliphatic heterocycles. The molecular formula is C21H32IN5O2S. The molecule has 0 amide bonds. The number of nitrogens with zero attached hydrogens (tertiary/aromatic N) is 3. The predicted molar refractivity (Wildman–Crippen MR) is 135 cm³/mol. The van der Waals surface area contributed by atoms with Crippen molar-refractivity contribution < 1.29 is 9.47 Å². The summed E-state index contributed by atoms with van der Waals surface area (Å²) in [6, 6.07) is 6.35. The Balaban J connectivity index is 0.00000320. The monoisotopic (exact) mass is 545 g/mol. The SMILES string of the molecule is CN=C(NCCCc1nc(C)cs1)NC1CCN(c2cc(OC)cc(OC)c2)C1.I. The van der Waals surface area contributed by atoms with Crippen LogP contribution in [0.3, 0.4) is 0 Å². The number of anilines is 1. The molecule has 1 unspecified atom stereocenters. The topological polar surface area (TPSA) is 71.0 Å². The van der Waals surface area contributed by atoms with Crippen molar-refractivity contribution in [2.45, 2.75) is 32.2 Å². The lowest BCUT2D eigenvalue weighted by molar-refractivity contribution is 0.394. The molecule has 7 nitrogen and oxygen atoms in total. The van der Waals surface area contributed by atoms with Gasteiger partial charge in [-0.25, -0.2) is 4.98 Å². The van der Waals surface area contributed by atoms with E-state index in [2.05, 4.69) is 43.0 Å². The highest BCUT2D eigenvalue weighted by molar-refractivity contribution is 14.0. The number of rotatable bonds is 8. The van der Waals surface area contributed by atoms with Gasteiger partial charge in [-0.15, -0.1) is 35.3 Å². The first-order valence-corrected chi connectivity index (χ1v) is 10.9. The molecule has 0 spiro atoms. The first-order valence-electron chi connectivity index (χ1n) is 9.97. The molecular weight excluding hydrogens is 513 g/mol. The van der Waals surface area contributed by atoms with E-state index in [1.165, 1.54) is 5.01 Å². The lowest BCUT2D eigenvalue weighted by Gasteiger charge is -2.21. The average molecular weight is 545 g/mol. The van der Waals surface area contributed by atoms with Crippen LogP contribution in [0.2, 0.25) is 0 Å². The van der Waals surface area contributed by atoms with Crippen LogP contribution in [0.4, 0.5) is 5.69 Å². The largest absolute Gasteiger partial charge is 0.497 e. The van der Waals surface area contributed by atoms with Crippen molar-refractivity contribution in [3.8, 4) is 11.5 Å². The molecule has 1 aliphatic rings. The van der Waals surface area contributed by atoms with Gasteiger partial charge >= 0.3 is 0 Å². The van der Waals surface area contributed by atoms with E-state index in [1.54, 1.807) is 25.6 Å². The molecule has 1 aromatic heterocycles. The van der Waals surface area contributed by atoms with E-state index in [0.717, 1.165) is 67.7 Å². The van der Waals surface area contributed by atoms with E-state index < -0.39 is 0 Å². The predicted octanol–water partition coefficient (Wildman–Crippen LogP) is 3.46. The highest BCUT2D eigenvalue weighted by atomic mass is 127. The van der Waals surface area contributed by atoms with Crippen molar-refractivity contribution in [2.24, 2.45) is 4.99 Å². The second-order valence-electron chi connectivity index (χ2n) is 7.13. The molecule has 1 fully saturated rings. The summed E-state index contributed by atoms with van der Waals surface area (Å²) in [4.78, 5) is 11.2. The Bertz CT molecular complexity index is 807. The van der Waals surface area contributed by atoms with Gasteiger partial charge in [-0.3, -0.25) is 4.99 Å². The van der Waals surface area contributed by atoms with Crippen molar-refractivity contribution in [2.75, 3.05) is 45.8 Å². The van der Waals surface area contributed by atoms with E-state index in [1.807, 2.05) is 20.0 Å². The van der Waals surface area contributed by atoms with E-state index >= 15 is 0 Å². The molecule has 0 aliphatic carbocycles. The van der Waals surface area contributed by atoms with Gasteiger partial charge in [0.25, 0.3) is 0 Å². The van der Waals surface area contributed by atoms with Crippen LogP contribution in [-0.4, -0.2) is 57.9 Å². The first-order chi connectivity index (χ1) is 14.1. The molecule has 1 aromatic carbocycles. The number of nitrogens with one attached hydrogen (secondary N) is 2. The third kappa shape index (κ3) is 6.90. The Morgan fingerprint density at radius 3 is 2.60 bits per heavy atom. The summed E-state index contributed by atoms with van der Waals surface area (Å²) >= 11 is 1.74. The van der Waals surface area contributed by atoms with Crippen LogP contribution >= 0.6 is 35.3 Å². The molecule has 3 rings (SSSR count). The molecule has 9 heteroatoms. The maximum atomic E-state index is 5.40. The van der Waals surface area contributed by atoms with Crippen LogP contribution in [0.5, 0.6) is 11.5 Å². The second-order valence-corrected chi connectivity index (χ2v) is 8.07. The molecule has 1 atom stereocenters. The number of aliphatic imine (C=N–C) groups is 1. The number of halogens is 1. The van der Waals surface area contributed by atoms with Crippen LogP contribution in [0.25, 0.3) is 0 Å². The van der Waals surface area contributed by atoms with Gasteiger partial charge in [0.15, 0.2) is 5.96 Å². The quantitative estimate of drug-likeness (QED) is 0.229. The number of ether oxygens (including phenoxy) is 2. The molecule has 2 N–H and O–H groups in total. The van der Waals surface area contributed by atoms with Gasteiger partial charge in [0.1, 0.15) is 11.5 Å². The molecule has 2 heterocycles. The van der Waals surface area contributed by atoms with Crippen molar-refractivity contribution in [3.63, 3.8) is 0 Å². The lowest BCUT2D eigenvalue weighted by atomic mass is 10.2. The molecule has 0 radical (unpaired) electrons. The zero-order valence-corrected chi connectivity index (χ0v) is 21.3. The number of aromatic nitrogens is 1. The number of hydrogen-bond donors (Lipinski definition) is 2. The summed E-state index contributed by atoms with van der Waals surface area (Å²) in [6.45, 7) is 4.81. The van der Waals surface area contributed by atoms with E-state index in [0.29, 0.717) is 6.04 Å². The normalized spacial score (nSPS) is 16.2. The average Bonchev–Trinajstić information content (AvgIpc) is 3.38. The summed E-state index contributed by atoms with van der Waals surface area (Å²) < 4.78 is 10.8. The van der Waals surface area contributed by atoms with Gasteiger partial charge in [0.05, 0.1) is 19.2 Å². The maximum absolute atomic E-state index is 5.40. The standard InChI is InChI=1S/C21H31N5O2S.HI/c1-15-14-29-20(24-15)6-5-8-23-21(22-2)25-16-7-9-26(13-16)17-10-18(27-3)12-19(11-17)28-4;/h10-12,14,16H,5-9,13H2,1-4H3,(H2,22,23,25);1H. The Morgan fingerprint density at radius 2 is 2.00 bits per heavy atom. The number of methoxy groups -OCH3 is 2. The second kappa shape index (κ2) is 12.2. The highest BCUT2D eigenvalue weighted by Gasteiger charge is 2.24. The van der Waals surface area contributed by atoms with Crippen LogP contribution in [0, 0.1) is 6.92 Å². The Kier molecular flexibility index (Phi) is 9.96. The fourth-order valence-corrected chi connectivity index (χ4v) is 4.26. The highest BCUT2D eigenvalue weighted by Crippen LogP contribution is 2.30. The van der Waals surface area contributed by atoms with Crippen molar-refractivity contribution in [3.05, 3.63) is 34.3 Å². The molecule has 166 valence electrons. The van der Waals surface area contributed by atoms with Gasteiger partial charge in [-0.2, -0.15) is 0 Å². The smallest absolute Gasteiger partial charge is 0.191 e. The molecule has 2 aromatic rings. The Morgan fingerprint density at radius 1 is 1.27 bits per heavy atom. The minimum Gasteiger partial charge on any atom is -0.497 e. The van der Waals surface area contributed by atoms with Gasteiger partial charge in [-0.05, 0) is 19.8 Å². The van der Waals surface area contributed by atoms with Gasteiger partial charge < -0.3 is 25.0 Å². The lowest BCUT2D eigenvalue weighted by Crippen LogP contribution is -2.44. The number of aryl methyl sites for hydroxylation is 2. The van der Waals surface area contributed by atoms with Gasteiger partial charge in [-0.1, -0.05) is 0 Å². The van der Waals surface area contributed by atoms with E-state index in [-0.39, 0.29) is 24.0 Å². The fraction of sp³-hybridized carbons (Fsp3) is 0.524. The molecule has 0 bridgehead atoms. The summed E-state index contributed by atoms with van der Waals surface area (Å²) in [5, 5.41) is 10.3. The number of hydrogen-bond acceptors (Lipinski definition) is 6. The van der Waals surface area contributed by atoms with Gasteiger partial charge in [0.2, 0.25) is 0 Å². The number of benzene rings is 1. The summed E-state index contributed by atoms with van der Waals surface area (Å²) in [7, 11) is 5.18. The van der Waals surface area contributed by atoms with Crippen LogP contribution in [0.15, 0.2) is 28.6 Å². The third-order valence-corrected chi connectivity index (χ3v) is 6.01. The summed E-state index contributed by atoms with van der Waals surface area (Å²) in [5.74, 6) is 2.47. The Labute approximate surface area is 200 Å². The molecule has 1 saturated heterocycles. The maximum Gasteiger partial charge on any atom is 0.191 e. The van der Waals surface area contributed by atoms with Crippen LogP contribution < -0.4 is 25.0 Å². The van der Waals surface area contributed by atoms with Crippen LogP contribution in [0.1, 0.15) is 23.5 Å². The first kappa shape index (κ1) is 24.5. The Hall–Kier alpha value is -1.75. The summed E-state index contributed by atoms with van der Waals surface area (Å²) in [5.41, 5.74) is 2.22. The van der Waals surface area contributed by atoms with E-state index in [4.69, 9.17) is 9.47 Å².